The highest BCUT2D eigenvalue weighted by atomic mass is 35.5. The average Bonchev–Trinajstić information content (AvgIpc) is 3.17. The van der Waals surface area contributed by atoms with Crippen molar-refractivity contribution in [3.05, 3.63) is 58.1 Å². The number of hydrogen-bond acceptors (Lipinski definition) is 6. The molecular formula is C22H25Cl2N3O5S. The summed E-state index contributed by atoms with van der Waals surface area (Å²) in [6, 6.07) is 9.87. The quantitative estimate of drug-likeness (QED) is 0.433. The number of carbonyl (C=O) groups excluding carboxylic acids is 2. The number of nitrogens with one attached hydrogen (secondary N) is 1. The molecule has 0 saturated carbocycles. The van der Waals surface area contributed by atoms with E-state index in [1.165, 1.54) is 32.2 Å². The second-order valence-electron chi connectivity index (χ2n) is 8.05. The number of ether oxygens (including phenoxy) is 1. The van der Waals surface area contributed by atoms with Crippen LogP contribution in [0.4, 0.5) is 5.69 Å². The van der Waals surface area contributed by atoms with Gasteiger partial charge in [-0.05, 0) is 55.7 Å². The van der Waals surface area contributed by atoms with E-state index in [0.29, 0.717) is 12.1 Å². The van der Waals surface area contributed by atoms with Crippen molar-refractivity contribution in [3.63, 3.8) is 0 Å². The van der Waals surface area contributed by atoms with Gasteiger partial charge < -0.3 is 15.8 Å². The number of hydrogen-bond donors (Lipinski definition) is 2. The Hall–Kier alpha value is -2.33. The second kappa shape index (κ2) is 9.89. The Bertz CT molecular complexity index is 1140. The first-order chi connectivity index (χ1) is 15.5. The lowest BCUT2D eigenvalue weighted by atomic mass is 9.97. The van der Waals surface area contributed by atoms with Gasteiger partial charge in [-0.25, -0.2) is 13.2 Å². The van der Waals surface area contributed by atoms with Gasteiger partial charge in [-0.2, -0.15) is 4.31 Å². The Labute approximate surface area is 203 Å². The molecule has 2 aromatic rings. The fraction of sp³-hybridized carbons (Fsp3) is 0.364. The fourth-order valence-corrected chi connectivity index (χ4v) is 6.43. The van der Waals surface area contributed by atoms with E-state index in [-0.39, 0.29) is 34.3 Å². The number of nitrogens with two attached hydrogens (primary N) is 1. The van der Waals surface area contributed by atoms with Crippen LogP contribution in [0.2, 0.25) is 10.0 Å². The molecule has 0 spiro atoms. The van der Waals surface area contributed by atoms with Gasteiger partial charge >= 0.3 is 5.97 Å². The minimum atomic E-state index is -4.09. The van der Waals surface area contributed by atoms with Gasteiger partial charge in [0.25, 0.3) is 0 Å². The number of esters is 1. The summed E-state index contributed by atoms with van der Waals surface area (Å²) < 4.78 is 32.8. The van der Waals surface area contributed by atoms with Crippen LogP contribution in [0.3, 0.4) is 0 Å². The molecule has 1 saturated heterocycles. The Morgan fingerprint density at radius 2 is 1.79 bits per heavy atom. The lowest BCUT2D eigenvalue weighted by Gasteiger charge is -2.34. The molecule has 1 heterocycles. The molecule has 0 bridgehead atoms. The summed E-state index contributed by atoms with van der Waals surface area (Å²) in [6.45, 7) is 1.67. The van der Waals surface area contributed by atoms with E-state index in [1.54, 1.807) is 24.3 Å². The summed E-state index contributed by atoms with van der Waals surface area (Å²) >= 11 is 12.0. The largest absolute Gasteiger partial charge is 0.467 e. The summed E-state index contributed by atoms with van der Waals surface area (Å²) in [6.07, 6.45) is 0.909. The highest BCUT2D eigenvalue weighted by Gasteiger charge is 2.50. The summed E-state index contributed by atoms with van der Waals surface area (Å²) in [5, 5.41) is 3.02. The smallest absolute Gasteiger partial charge is 0.328 e. The Balaban J connectivity index is 1.88. The van der Waals surface area contributed by atoms with Gasteiger partial charge in [0.1, 0.15) is 11.6 Å². The number of rotatable bonds is 7. The van der Waals surface area contributed by atoms with Crippen LogP contribution >= 0.6 is 23.2 Å². The van der Waals surface area contributed by atoms with E-state index >= 15 is 0 Å². The number of anilines is 1. The highest BCUT2D eigenvalue weighted by Crippen LogP contribution is 2.36. The number of halogens is 2. The molecule has 0 radical (unpaired) electrons. The van der Waals surface area contributed by atoms with Crippen LogP contribution in [0.5, 0.6) is 0 Å². The third kappa shape index (κ3) is 5.43. The van der Waals surface area contributed by atoms with Crippen molar-refractivity contribution in [3.8, 4) is 0 Å². The second-order valence-corrected chi connectivity index (χ2v) is 10.8. The molecule has 3 rings (SSSR count). The number of amides is 1. The molecule has 33 heavy (non-hydrogen) atoms. The number of nitrogens with zero attached hydrogens (tertiary/aromatic N) is 1. The minimum Gasteiger partial charge on any atom is -0.467 e. The first-order valence-electron chi connectivity index (χ1n) is 10.2. The van der Waals surface area contributed by atoms with Gasteiger partial charge in [0.15, 0.2) is 0 Å². The zero-order chi connectivity index (χ0) is 24.4. The van der Waals surface area contributed by atoms with Gasteiger partial charge in [0, 0.05) is 28.7 Å². The van der Waals surface area contributed by atoms with Gasteiger partial charge in [-0.3, -0.25) is 4.79 Å². The van der Waals surface area contributed by atoms with E-state index in [0.717, 1.165) is 9.87 Å². The maximum atomic E-state index is 13.4. The molecule has 3 N–H and O–H groups in total. The van der Waals surface area contributed by atoms with Crippen molar-refractivity contribution in [2.75, 3.05) is 19.4 Å². The predicted molar refractivity (Wildman–Crippen MR) is 126 cm³/mol. The molecule has 1 aliphatic heterocycles. The number of benzene rings is 2. The van der Waals surface area contributed by atoms with Crippen molar-refractivity contribution < 1.29 is 22.7 Å². The minimum absolute atomic E-state index is 0.104. The van der Waals surface area contributed by atoms with Crippen LogP contribution in [0.1, 0.15) is 25.3 Å². The molecule has 0 aliphatic carbocycles. The van der Waals surface area contributed by atoms with Crippen LogP contribution < -0.4 is 11.1 Å². The first kappa shape index (κ1) is 25.3. The molecule has 0 aromatic heterocycles. The third-order valence-electron chi connectivity index (χ3n) is 5.70. The topological polar surface area (TPSA) is 119 Å². The number of methoxy groups -OCH3 is 1. The van der Waals surface area contributed by atoms with Crippen LogP contribution in [-0.4, -0.2) is 49.8 Å². The van der Waals surface area contributed by atoms with Crippen LogP contribution in [0.15, 0.2) is 47.4 Å². The standard InChI is InChI=1S/C22H25Cl2N3O5S/c1-22(8-3-9-27(22)33(30,31)18-12-15(23)11-16(24)13-18)21(29)26-19(20(28)32-2)10-14-4-6-17(25)7-5-14/h4-7,11-13,19H,3,8-10,25H2,1-2H3,(H,26,29)/t19-,22-/m0/s1. The van der Waals surface area contributed by atoms with Crippen LogP contribution in [0.25, 0.3) is 0 Å². The Kier molecular flexibility index (Phi) is 7.58. The monoisotopic (exact) mass is 513 g/mol. The lowest BCUT2D eigenvalue weighted by molar-refractivity contribution is -0.146. The van der Waals surface area contributed by atoms with E-state index in [1.807, 2.05) is 0 Å². The van der Waals surface area contributed by atoms with Crippen molar-refractivity contribution >= 4 is 50.8 Å². The SMILES string of the molecule is COC(=O)[C@H](Cc1ccc(N)cc1)NC(=O)[C@]1(C)CCCN1S(=O)(=O)c1cc(Cl)cc(Cl)c1. The number of nitrogen functional groups attached to an aromatic ring is 1. The van der Waals surface area contributed by atoms with E-state index in [2.05, 4.69) is 5.32 Å². The zero-order valence-electron chi connectivity index (χ0n) is 18.2. The molecule has 2 atom stereocenters. The maximum absolute atomic E-state index is 13.4. The van der Waals surface area contributed by atoms with E-state index < -0.39 is 33.5 Å². The summed E-state index contributed by atoms with van der Waals surface area (Å²) in [7, 11) is -2.86. The van der Waals surface area contributed by atoms with E-state index in [4.69, 9.17) is 33.7 Å². The highest BCUT2D eigenvalue weighted by molar-refractivity contribution is 7.89. The first-order valence-corrected chi connectivity index (χ1v) is 12.4. The van der Waals surface area contributed by atoms with Crippen molar-refractivity contribution in [1.82, 2.24) is 9.62 Å². The van der Waals surface area contributed by atoms with Crippen LogP contribution in [0, 0.1) is 0 Å². The van der Waals surface area contributed by atoms with Crippen molar-refractivity contribution in [2.24, 2.45) is 0 Å². The summed E-state index contributed by atoms with van der Waals surface area (Å²) in [5.41, 5.74) is 5.62. The maximum Gasteiger partial charge on any atom is 0.328 e. The predicted octanol–water partition coefficient (Wildman–Crippen LogP) is 3.02. The van der Waals surface area contributed by atoms with Crippen LogP contribution in [-0.2, 0) is 30.8 Å². The van der Waals surface area contributed by atoms with Gasteiger partial charge in [-0.1, -0.05) is 35.3 Å². The van der Waals surface area contributed by atoms with E-state index in [9.17, 15) is 18.0 Å². The molecular weight excluding hydrogens is 489 g/mol. The summed E-state index contributed by atoms with van der Waals surface area (Å²) in [4.78, 5) is 25.7. The Morgan fingerprint density at radius 3 is 2.36 bits per heavy atom. The normalized spacial score (nSPS) is 19.8. The van der Waals surface area contributed by atoms with Crippen molar-refractivity contribution in [2.45, 2.75) is 42.7 Å². The van der Waals surface area contributed by atoms with Gasteiger partial charge in [0.2, 0.25) is 15.9 Å². The molecule has 1 aliphatic rings. The third-order valence-corrected chi connectivity index (χ3v) is 8.13. The molecule has 1 fully saturated rings. The molecule has 11 heteroatoms. The lowest BCUT2D eigenvalue weighted by Crippen LogP contribution is -2.58. The molecule has 8 nitrogen and oxygen atoms in total. The van der Waals surface area contributed by atoms with Gasteiger partial charge in [-0.15, -0.1) is 0 Å². The molecule has 0 unspecified atom stereocenters. The fourth-order valence-electron chi connectivity index (χ4n) is 3.89. The molecule has 178 valence electrons. The zero-order valence-corrected chi connectivity index (χ0v) is 20.5. The molecule has 1 amide bonds. The summed E-state index contributed by atoms with van der Waals surface area (Å²) in [5.74, 6) is -1.24. The number of carbonyl (C=O) groups is 2. The average molecular weight is 514 g/mol. The van der Waals surface area contributed by atoms with Gasteiger partial charge in [0.05, 0.1) is 12.0 Å². The molecule has 2 aromatic carbocycles. The number of sulfonamides is 1. The van der Waals surface area contributed by atoms with Crippen molar-refractivity contribution in [1.29, 1.82) is 0 Å². The Morgan fingerprint density at radius 1 is 1.18 bits per heavy atom.